The molecule has 4 amide bonds. The van der Waals surface area contributed by atoms with Crippen LogP contribution in [0.1, 0.15) is 32.6 Å². The highest BCUT2D eigenvalue weighted by molar-refractivity contribution is 6.30. The molecule has 2 saturated heterocycles. The normalized spacial score (nSPS) is 24.1. The van der Waals surface area contributed by atoms with Gasteiger partial charge in [0.05, 0.1) is 5.69 Å². The number of likely N-dealkylation sites (tertiary alicyclic amines) is 1. The Morgan fingerprint density at radius 1 is 1.33 bits per heavy atom. The lowest BCUT2D eigenvalue weighted by Gasteiger charge is -2.34. The number of carbonyl (C=O) groups is 3. The number of amides is 4. The maximum Gasteiger partial charge on any atom is 0.329 e. The molecule has 2 heterocycles. The first-order valence-electron chi connectivity index (χ1n) is 9.30. The van der Waals surface area contributed by atoms with Crippen molar-refractivity contribution in [2.24, 2.45) is 11.7 Å². The summed E-state index contributed by atoms with van der Waals surface area (Å²) in [6, 6.07) is 5.38. The van der Waals surface area contributed by atoms with Gasteiger partial charge in [0.1, 0.15) is 6.04 Å². The monoisotopic (exact) mass is 392 g/mol. The predicted molar refractivity (Wildman–Crippen MR) is 103 cm³/mol. The predicted octanol–water partition coefficient (Wildman–Crippen LogP) is 2.13. The van der Waals surface area contributed by atoms with E-state index in [1.807, 2.05) is 11.8 Å². The summed E-state index contributed by atoms with van der Waals surface area (Å²) < 4.78 is 0. The Balaban J connectivity index is 1.57. The van der Waals surface area contributed by atoms with Crippen LogP contribution in [0.4, 0.5) is 10.5 Å². The molecule has 0 aliphatic carbocycles. The molecular formula is C19H25ClN4O3. The Labute approximate surface area is 163 Å². The van der Waals surface area contributed by atoms with E-state index in [0.717, 1.165) is 24.3 Å². The fourth-order valence-electron chi connectivity index (χ4n) is 3.65. The van der Waals surface area contributed by atoms with Crippen LogP contribution in [-0.4, -0.2) is 47.9 Å². The van der Waals surface area contributed by atoms with Crippen molar-refractivity contribution in [2.45, 2.75) is 44.7 Å². The molecule has 0 radical (unpaired) electrons. The highest BCUT2D eigenvalue weighted by Gasteiger charge is 2.39. The van der Waals surface area contributed by atoms with Crippen LogP contribution in [0, 0.1) is 5.92 Å². The van der Waals surface area contributed by atoms with Crippen LogP contribution >= 0.6 is 11.6 Å². The Bertz CT molecular complexity index is 722. The van der Waals surface area contributed by atoms with E-state index in [-0.39, 0.29) is 30.7 Å². The van der Waals surface area contributed by atoms with Crippen LogP contribution in [0.3, 0.4) is 0 Å². The number of hydrogen-bond acceptors (Lipinski definition) is 4. The molecule has 0 saturated carbocycles. The van der Waals surface area contributed by atoms with Crippen molar-refractivity contribution in [3.63, 3.8) is 0 Å². The zero-order chi connectivity index (χ0) is 19.6. The SMILES string of the molecule is C[C@H](N)[C@H]1CCCN(C(=O)CC[C@H]2NC(=O)N(c3ccc(Cl)cc3)C2=O)C1. The molecule has 0 aromatic heterocycles. The highest BCUT2D eigenvalue weighted by Crippen LogP contribution is 2.24. The third-order valence-corrected chi connectivity index (χ3v) is 5.56. The number of nitrogens with one attached hydrogen (secondary N) is 1. The van der Waals surface area contributed by atoms with E-state index in [2.05, 4.69) is 5.32 Å². The zero-order valence-electron chi connectivity index (χ0n) is 15.4. The van der Waals surface area contributed by atoms with Crippen LogP contribution in [0.15, 0.2) is 24.3 Å². The largest absolute Gasteiger partial charge is 0.342 e. The van der Waals surface area contributed by atoms with Crippen molar-refractivity contribution in [3.8, 4) is 0 Å². The van der Waals surface area contributed by atoms with E-state index in [1.165, 1.54) is 0 Å². The summed E-state index contributed by atoms with van der Waals surface area (Å²) in [5.41, 5.74) is 6.44. The van der Waals surface area contributed by atoms with Gasteiger partial charge < -0.3 is 16.0 Å². The summed E-state index contributed by atoms with van der Waals surface area (Å²) in [4.78, 5) is 40.3. The lowest BCUT2D eigenvalue weighted by atomic mass is 9.92. The van der Waals surface area contributed by atoms with Gasteiger partial charge in [0.25, 0.3) is 5.91 Å². The topological polar surface area (TPSA) is 95.7 Å². The number of benzene rings is 1. The molecule has 3 atom stereocenters. The number of nitrogens with two attached hydrogens (primary N) is 1. The van der Waals surface area contributed by atoms with Gasteiger partial charge in [-0.1, -0.05) is 11.6 Å². The van der Waals surface area contributed by atoms with Crippen LogP contribution in [0.5, 0.6) is 0 Å². The maximum atomic E-state index is 12.6. The van der Waals surface area contributed by atoms with Crippen molar-refractivity contribution in [3.05, 3.63) is 29.3 Å². The van der Waals surface area contributed by atoms with E-state index in [9.17, 15) is 14.4 Å². The Kier molecular flexibility index (Phi) is 6.01. The molecule has 2 fully saturated rings. The Hall–Kier alpha value is -2.12. The smallest absolute Gasteiger partial charge is 0.329 e. The van der Waals surface area contributed by atoms with Crippen LogP contribution in [0.2, 0.25) is 5.02 Å². The third kappa shape index (κ3) is 4.42. The quantitative estimate of drug-likeness (QED) is 0.750. The number of nitrogens with zero attached hydrogens (tertiary/aromatic N) is 2. The molecule has 146 valence electrons. The lowest BCUT2D eigenvalue weighted by Crippen LogP contribution is -2.45. The number of hydrogen-bond donors (Lipinski definition) is 2. The van der Waals surface area contributed by atoms with E-state index in [4.69, 9.17) is 17.3 Å². The minimum Gasteiger partial charge on any atom is -0.342 e. The van der Waals surface area contributed by atoms with Crippen molar-refractivity contribution in [2.75, 3.05) is 18.0 Å². The molecule has 8 heteroatoms. The first kappa shape index (κ1) is 19.6. The van der Waals surface area contributed by atoms with Crippen LogP contribution in [-0.2, 0) is 9.59 Å². The van der Waals surface area contributed by atoms with E-state index in [1.54, 1.807) is 24.3 Å². The van der Waals surface area contributed by atoms with E-state index in [0.29, 0.717) is 23.2 Å². The van der Waals surface area contributed by atoms with Crippen LogP contribution < -0.4 is 16.0 Å². The zero-order valence-corrected chi connectivity index (χ0v) is 16.1. The molecule has 1 aromatic carbocycles. The molecule has 2 aliphatic rings. The summed E-state index contributed by atoms with van der Waals surface area (Å²) in [7, 11) is 0. The van der Waals surface area contributed by atoms with Gasteiger partial charge in [-0.3, -0.25) is 9.59 Å². The first-order valence-corrected chi connectivity index (χ1v) is 9.68. The van der Waals surface area contributed by atoms with Gasteiger partial charge in [0.2, 0.25) is 5.91 Å². The van der Waals surface area contributed by atoms with Crippen molar-refractivity contribution >= 4 is 35.1 Å². The Morgan fingerprint density at radius 3 is 2.70 bits per heavy atom. The summed E-state index contributed by atoms with van der Waals surface area (Å²) >= 11 is 5.85. The number of imide groups is 1. The fourth-order valence-corrected chi connectivity index (χ4v) is 3.78. The number of urea groups is 1. The maximum absolute atomic E-state index is 12.6. The van der Waals surface area contributed by atoms with Crippen molar-refractivity contribution in [1.29, 1.82) is 0 Å². The summed E-state index contributed by atoms with van der Waals surface area (Å²) in [5, 5.41) is 3.19. The summed E-state index contributed by atoms with van der Waals surface area (Å²) in [6.45, 7) is 3.36. The Morgan fingerprint density at radius 2 is 2.04 bits per heavy atom. The van der Waals surface area contributed by atoms with Gasteiger partial charge in [-0.25, -0.2) is 9.69 Å². The standard InChI is InChI=1S/C19H25ClN4O3/c1-12(21)13-3-2-10-23(11-13)17(25)9-8-16-18(26)24(19(27)22-16)15-6-4-14(20)5-7-15/h4-7,12-13,16H,2-3,8-11,21H2,1H3,(H,22,27)/t12-,13-,16+/m0/s1. The van der Waals surface area contributed by atoms with Gasteiger partial charge in [0.15, 0.2) is 0 Å². The van der Waals surface area contributed by atoms with Gasteiger partial charge in [-0.2, -0.15) is 0 Å². The average Bonchev–Trinajstić information content (AvgIpc) is 2.94. The van der Waals surface area contributed by atoms with Gasteiger partial charge in [0, 0.05) is 30.6 Å². The minimum absolute atomic E-state index is 0.00680. The molecule has 7 nitrogen and oxygen atoms in total. The van der Waals surface area contributed by atoms with E-state index < -0.39 is 12.1 Å². The summed E-state index contributed by atoms with van der Waals surface area (Å²) in [6.07, 6.45) is 2.49. The third-order valence-electron chi connectivity index (χ3n) is 5.31. The average molecular weight is 393 g/mol. The lowest BCUT2D eigenvalue weighted by molar-refractivity contribution is -0.133. The number of halogens is 1. The molecule has 3 rings (SSSR count). The van der Waals surface area contributed by atoms with E-state index >= 15 is 0 Å². The fraction of sp³-hybridized carbons (Fsp3) is 0.526. The molecule has 0 spiro atoms. The summed E-state index contributed by atoms with van der Waals surface area (Å²) in [5.74, 6) is -0.0227. The number of anilines is 1. The second-order valence-electron chi connectivity index (χ2n) is 7.29. The molecule has 1 aromatic rings. The van der Waals surface area contributed by atoms with Gasteiger partial charge in [-0.15, -0.1) is 0 Å². The van der Waals surface area contributed by atoms with Crippen LogP contribution in [0.25, 0.3) is 0 Å². The second kappa shape index (κ2) is 8.27. The second-order valence-corrected chi connectivity index (χ2v) is 7.73. The minimum atomic E-state index is -0.689. The molecular weight excluding hydrogens is 368 g/mol. The molecule has 0 unspecified atom stereocenters. The molecule has 0 bridgehead atoms. The van der Waals surface area contributed by atoms with Gasteiger partial charge in [-0.05, 0) is 56.4 Å². The number of rotatable bonds is 5. The van der Waals surface area contributed by atoms with Crippen molar-refractivity contribution in [1.82, 2.24) is 10.2 Å². The van der Waals surface area contributed by atoms with Gasteiger partial charge >= 0.3 is 6.03 Å². The van der Waals surface area contributed by atoms with Crippen molar-refractivity contribution < 1.29 is 14.4 Å². The molecule has 27 heavy (non-hydrogen) atoms. The number of piperidine rings is 1. The first-order chi connectivity index (χ1) is 12.9. The molecule has 2 aliphatic heterocycles. The highest BCUT2D eigenvalue weighted by atomic mass is 35.5. The number of carbonyl (C=O) groups excluding carboxylic acids is 3. The molecule has 3 N–H and O–H groups in total.